The summed E-state index contributed by atoms with van der Waals surface area (Å²) < 4.78 is 5.19. The van der Waals surface area contributed by atoms with Crippen molar-refractivity contribution in [2.45, 2.75) is 29.8 Å². The minimum Gasteiger partial charge on any atom is -0.481 e. The number of aliphatic carboxylic acids is 1. The summed E-state index contributed by atoms with van der Waals surface area (Å²) in [5.41, 5.74) is 0.00480. The number of non-ortho nitro benzene ring substituents is 1. The maximum atomic E-state index is 11.9. The van der Waals surface area contributed by atoms with Gasteiger partial charge in [0.2, 0.25) is 0 Å². The molecule has 0 bridgehead atoms. The monoisotopic (exact) mass is 422 g/mol. The molecule has 0 aliphatic carbocycles. The van der Waals surface area contributed by atoms with Crippen LogP contribution >= 0.6 is 23.2 Å². The van der Waals surface area contributed by atoms with Crippen LogP contribution < -0.4 is 5.32 Å². The van der Waals surface area contributed by atoms with Crippen LogP contribution in [0.15, 0.2) is 24.3 Å². The summed E-state index contributed by atoms with van der Waals surface area (Å²) in [5.74, 6) is -2.97. The number of carboxylic acid groups (broad SMARTS) is 1. The molecule has 0 spiro atoms. The Balaban J connectivity index is 3.09. The van der Waals surface area contributed by atoms with Crippen molar-refractivity contribution < 1.29 is 34.3 Å². The van der Waals surface area contributed by atoms with Gasteiger partial charge in [-0.1, -0.05) is 23.2 Å². The first-order chi connectivity index (χ1) is 12.6. The summed E-state index contributed by atoms with van der Waals surface area (Å²) in [4.78, 5) is 42.9. The summed E-state index contributed by atoms with van der Waals surface area (Å²) in [7, 11) is 0. The van der Waals surface area contributed by atoms with Gasteiger partial charge in [0.1, 0.15) is 6.10 Å². The van der Waals surface area contributed by atoms with E-state index in [1.165, 1.54) is 12.1 Å². The van der Waals surface area contributed by atoms with Crippen molar-refractivity contribution in [2.75, 3.05) is 6.61 Å². The highest BCUT2D eigenvalue weighted by molar-refractivity contribution is 6.53. The van der Waals surface area contributed by atoms with Gasteiger partial charge in [-0.05, 0) is 17.7 Å². The van der Waals surface area contributed by atoms with E-state index in [4.69, 9.17) is 33.0 Å². The number of amides is 1. The molecule has 10 nitrogen and oxygen atoms in total. The quantitative estimate of drug-likeness (QED) is 0.220. The van der Waals surface area contributed by atoms with Gasteiger partial charge in [-0.3, -0.25) is 24.5 Å². The molecule has 1 amide bonds. The Bertz CT molecular complexity index is 696. The molecule has 0 aromatic heterocycles. The minimum atomic E-state index is -1.45. The predicted octanol–water partition coefficient (Wildman–Crippen LogP) is 1.32. The summed E-state index contributed by atoms with van der Waals surface area (Å²) in [5, 5.41) is 31.3. The fraction of sp³-hybridized carbons (Fsp3) is 0.400. The number of nitrogens with one attached hydrogen (secondary N) is 1. The molecule has 148 valence electrons. The first-order valence-electron chi connectivity index (χ1n) is 7.50. The number of halogens is 2. The van der Waals surface area contributed by atoms with Crippen LogP contribution in [0, 0.1) is 10.1 Å². The van der Waals surface area contributed by atoms with Crippen LogP contribution in [0.25, 0.3) is 0 Å². The molecule has 0 saturated heterocycles. The lowest BCUT2D eigenvalue weighted by Crippen LogP contribution is -2.45. The number of aliphatic hydroxyl groups excluding tert-OH is 1. The molecule has 0 unspecified atom stereocenters. The fourth-order valence-electron chi connectivity index (χ4n) is 2.04. The minimum absolute atomic E-state index is 0.221. The fourth-order valence-corrected chi connectivity index (χ4v) is 2.17. The molecule has 12 heteroatoms. The second kappa shape index (κ2) is 10.7. The number of carbonyl (C=O) groups is 3. The van der Waals surface area contributed by atoms with Crippen LogP contribution in [-0.4, -0.2) is 50.5 Å². The van der Waals surface area contributed by atoms with Crippen molar-refractivity contribution in [3.63, 3.8) is 0 Å². The van der Waals surface area contributed by atoms with Gasteiger partial charge in [-0.2, -0.15) is 0 Å². The molecule has 0 radical (unpaired) electrons. The van der Waals surface area contributed by atoms with Crippen molar-refractivity contribution in [3.8, 4) is 0 Å². The molecule has 3 N–H and O–H groups in total. The van der Waals surface area contributed by atoms with Crippen LogP contribution in [0.2, 0.25) is 0 Å². The van der Waals surface area contributed by atoms with Crippen molar-refractivity contribution in [3.05, 3.63) is 39.9 Å². The van der Waals surface area contributed by atoms with E-state index in [0.29, 0.717) is 0 Å². The Morgan fingerprint density at radius 1 is 1.19 bits per heavy atom. The van der Waals surface area contributed by atoms with Crippen LogP contribution in [0.5, 0.6) is 0 Å². The maximum Gasteiger partial charge on any atom is 0.307 e. The third kappa shape index (κ3) is 7.37. The summed E-state index contributed by atoms with van der Waals surface area (Å²) >= 11 is 10.9. The second-order valence-corrected chi connectivity index (χ2v) is 6.35. The number of esters is 1. The zero-order valence-electron chi connectivity index (χ0n) is 13.7. The maximum absolute atomic E-state index is 11.9. The van der Waals surface area contributed by atoms with Crippen molar-refractivity contribution in [1.82, 2.24) is 5.32 Å². The standard InChI is InChI=1S/C15H16Cl2N2O8/c16-14(17)15(24)18-10(7-20)13(27-12(23)6-5-11(21)22)8-1-3-9(4-2-8)19(25)26/h1-4,10,13-14,20H,5-7H2,(H,18,24)(H,21,22)/t10-,13-/m1/s1. The zero-order valence-corrected chi connectivity index (χ0v) is 15.2. The normalized spacial score (nSPS) is 12.9. The highest BCUT2D eigenvalue weighted by Gasteiger charge is 2.30. The number of nitro benzene ring substituents is 1. The number of ether oxygens (including phenoxy) is 1. The zero-order chi connectivity index (χ0) is 20.6. The summed E-state index contributed by atoms with van der Waals surface area (Å²) in [6, 6.07) is 3.68. The first-order valence-corrected chi connectivity index (χ1v) is 8.38. The highest BCUT2D eigenvalue weighted by atomic mass is 35.5. The van der Waals surface area contributed by atoms with Crippen LogP contribution in [0.4, 0.5) is 5.69 Å². The van der Waals surface area contributed by atoms with Gasteiger partial charge in [-0.15, -0.1) is 0 Å². The number of benzene rings is 1. The van der Waals surface area contributed by atoms with Gasteiger partial charge in [-0.25, -0.2) is 0 Å². The molecular weight excluding hydrogens is 407 g/mol. The summed E-state index contributed by atoms with van der Waals surface area (Å²) in [6.07, 6.45) is -2.18. The van der Waals surface area contributed by atoms with Gasteiger partial charge >= 0.3 is 11.9 Å². The molecular formula is C15H16Cl2N2O8. The van der Waals surface area contributed by atoms with Gasteiger partial charge in [0.05, 0.1) is 30.4 Å². The molecule has 1 aromatic carbocycles. The van der Waals surface area contributed by atoms with E-state index in [2.05, 4.69) is 5.32 Å². The molecule has 0 saturated carbocycles. The number of hydrogen-bond acceptors (Lipinski definition) is 7. The number of alkyl halides is 2. The third-order valence-electron chi connectivity index (χ3n) is 3.32. The van der Waals surface area contributed by atoms with E-state index in [9.17, 15) is 29.6 Å². The molecule has 27 heavy (non-hydrogen) atoms. The predicted molar refractivity (Wildman–Crippen MR) is 93.3 cm³/mol. The Kier molecular flexibility index (Phi) is 8.92. The Morgan fingerprint density at radius 3 is 2.22 bits per heavy atom. The average molecular weight is 423 g/mol. The van der Waals surface area contributed by atoms with E-state index >= 15 is 0 Å². The molecule has 1 rings (SSSR count). The molecule has 0 fully saturated rings. The van der Waals surface area contributed by atoms with Gasteiger partial charge < -0.3 is 20.3 Å². The number of nitro groups is 1. The molecule has 0 heterocycles. The molecule has 0 aliphatic heterocycles. The van der Waals surface area contributed by atoms with E-state index in [1.54, 1.807) is 0 Å². The largest absolute Gasteiger partial charge is 0.481 e. The second-order valence-electron chi connectivity index (χ2n) is 5.25. The van der Waals surface area contributed by atoms with E-state index in [-0.39, 0.29) is 11.3 Å². The lowest BCUT2D eigenvalue weighted by Gasteiger charge is -2.27. The lowest BCUT2D eigenvalue weighted by atomic mass is 10.0. The average Bonchev–Trinajstić information content (AvgIpc) is 2.62. The lowest BCUT2D eigenvalue weighted by molar-refractivity contribution is -0.384. The molecule has 0 aliphatic rings. The van der Waals surface area contributed by atoms with Gasteiger partial charge in [0, 0.05) is 12.1 Å². The smallest absolute Gasteiger partial charge is 0.307 e. The Hall–Kier alpha value is -2.43. The molecule has 1 aromatic rings. The SMILES string of the molecule is O=C(O)CCC(=O)O[C@H](c1ccc([N+](=O)[O-])cc1)[C@@H](CO)NC(=O)C(Cl)Cl. The highest BCUT2D eigenvalue weighted by Crippen LogP contribution is 2.25. The van der Waals surface area contributed by atoms with E-state index in [0.717, 1.165) is 12.1 Å². The topological polar surface area (TPSA) is 156 Å². The van der Waals surface area contributed by atoms with Gasteiger partial charge in [0.25, 0.3) is 11.6 Å². The first kappa shape index (κ1) is 22.6. The number of carboxylic acids is 1. The van der Waals surface area contributed by atoms with E-state index < -0.39 is 59.2 Å². The van der Waals surface area contributed by atoms with Crippen molar-refractivity contribution in [2.24, 2.45) is 0 Å². The number of aliphatic hydroxyl groups is 1. The van der Waals surface area contributed by atoms with Crippen LogP contribution in [0.1, 0.15) is 24.5 Å². The number of rotatable bonds is 10. The third-order valence-corrected chi connectivity index (χ3v) is 3.72. The van der Waals surface area contributed by atoms with E-state index in [1.807, 2.05) is 0 Å². The van der Waals surface area contributed by atoms with Crippen LogP contribution in [0.3, 0.4) is 0 Å². The number of nitrogens with zero attached hydrogens (tertiary/aromatic N) is 1. The van der Waals surface area contributed by atoms with Gasteiger partial charge in [0.15, 0.2) is 4.84 Å². The Labute approximate surface area is 163 Å². The van der Waals surface area contributed by atoms with Crippen LogP contribution in [-0.2, 0) is 19.1 Å². The number of carbonyl (C=O) groups excluding carboxylic acids is 2. The molecule has 2 atom stereocenters. The number of hydrogen-bond donors (Lipinski definition) is 3. The Morgan fingerprint density at radius 2 is 1.78 bits per heavy atom. The van der Waals surface area contributed by atoms with Crippen molar-refractivity contribution >= 4 is 46.7 Å². The summed E-state index contributed by atoms with van der Waals surface area (Å²) in [6.45, 7) is -0.680. The van der Waals surface area contributed by atoms with Crippen molar-refractivity contribution in [1.29, 1.82) is 0 Å².